The van der Waals surface area contributed by atoms with Crippen molar-refractivity contribution in [2.45, 2.75) is 26.2 Å². The zero-order valence-electron chi connectivity index (χ0n) is 15.1. The fraction of sp³-hybridized carbons (Fsp3) is 0.250. The number of imidazole rings is 1. The Bertz CT molecular complexity index is 921. The lowest BCUT2D eigenvalue weighted by Crippen LogP contribution is -2.34. The number of aromatic nitrogens is 2. The van der Waals surface area contributed by atoms with Crippen LogP contribution < -0.4 is 15.4 Å². The third kappa shape index (κ3) is 5.27. The molecule has 3 rings (SSSR count). The predicted octanol–water partition coefficient (Wildman–Crippen LogP) is 4.03. The summed E-state index contributed by atoms with van der Waals surface area (Å²) < 4.78 is 7.46. The molecule has 0 aliphatic carbocycles. The van der Waals surface area contributed by atoms with Crippen molar-refractivity contribution in [1.82, 2.24) is 14.7 Å². The normalized spacial score (nSPS) is 10.6. The molecule has 2 heterocycles. The number of anilines is 1. The van der Waals surface area contributed by atoms with E-state index < -0.39 is 0 Å². The largest absolute Gasteiger partial charge is 0.494 e. The summed E-state index contributed by atoms with van der Waals surface area (Å²) >= 11 is 5.23. The van der Waals surface area contributed by atoms with Crippen LogP contribution in [0.4, 0.5) is 5.69 Å². The molecule has 0 bridgehead atoms. The molecule has 7 heteroatoms. The fourth-order valence-electron chi connectivity index (χ4n) is 2.57. The van der Waals surface area contributed by atoms with Crippen LogP contribution in [0.15, 0.2) is 55.0 Å². The van der Waals surface area contributed by atoms with Crippen molar-refractivity contribution in [2.75, 3.05) is 11.9 Å². The molecule has 27 heavy (non-hydrogen) atoms. The van der Waals surface area contributed by atoms with E-state index in [1.54, 1.807) is 35.1 Å². The number of hydrogen-bond donors (Lipinski definition) is 2. The van der Waals surface area contributed by atoms with E-state index in [1.807, 2.05) is 24.3 Å². The SMILES string of the molecule is CCCCCOc1ccc(NC(=S)NC(=O)c2ccc3nccn3c2)cc1. The molecule has 1 amide bonds. The number of nitrogens with one attached hydrogen (secondary N) is 2. The quantitative estimate of drug-likeness (QED) is 0.477. The summed E-state index contributed by atoms with van der Waals surface area (Å²) in [6, 6.07) is 11.0. The van der Waals surface area contributed by atoms with Crippen molar-refractivity contribution in [3.8, 4) is 5.75 Å². The maximum Gasteiger partial charge on any atom is 0.258 e. The minimum Gasteiger partial charge on any atom is -0.494 e. The van der Waals surface area contributed by atoms with Gasteiger partial charge in [-0.15, -0.1) is 0 Å². The van der Waals surface area contributed by atoms with Gasteiger partial charge in [-0.2, -0.15) is 0 Å². The maximum absolute atomic E-state index is 12.3. The second-order valence-electron chi connectivity index (χ2n) is 6.10. The van der Waals surface area contributed by atoms with E-state index in [4.69, 9.17) is 17.0 Å². The Hall–Kier alpha value is -2.93. The topological polar surface area (TPSA) is 67.7 Å². The molecular weight excluding hydrogens is 360 g/mol. The van der Waals surface area contributed by atoms with Gasteiger partial charge < -0.3 is 14.5 Å². The fourth-order valence-corrected chi connectivity index (χ4v) is 2.78. The number of unbranched alkanes of at least 4 members (excludes halogenated alkanes) is 2. The Morgan fingerprint density at radius 2 is 2.00 bits per heavy atom. The highest BCUT2D eigenvalue weighted by Gasteiger charge is 2.09. The van der Waals surface area contributed by atoms with Gasteiger partial charge in [0.15, 0.2) is 5.11 Å². The molecule has 0 saturated carbocycles. The van der Waals surface area contributed by atoms with Crippen molar-refractivity contribution in [2.24, 2.45) is 0 Å². The van der Waals surface area contributed by atoms with E-state index in [9.17, 15) is 4.79 Å². The van der Waals surface area contributed by atoms with Crippen molar-refractivity contribution >= 4 is 34.6 Å². The molecule has 6 nitrogen and oxygen atoms in total. The van der Waals surface area contributed by atoms with E-state index in [0.29, 0.717) is 5.56 Å². The third-order valence-corrected chi connectivity index (χ3v) is 4.21. The first-order valence-electron chi connectivity index (χ1n) is 8.93. The molecule has 0 radical (unpaired) electrons. The molecule has 0 unspecified atom stereocenters. The lowest BCUT2D eigenvalue weighted by atomic mass is 10.2. The van der Waals surface area contributed by atoms with E-state index in [1.165, 1.54) is 12.8 Å². The van der Waals surface area contributed by atoms with E-state index in [0.717, 1.165) is 30.1 Å². The lowest BCUT2D eigenvalue weighted by Gasteiger charge is -2.11. The molecule has 0 aliphatic rings. The van der Waals surface area contributed by atoms with Crippen LogP contribution in [0.25, 0.3) is 5.65 Å². The van der Waals surface area contributed by atoms with Gasteiger partial charge in [0.1, 0.15) is 11.4 Å². The summed E-state index contributed by atoms with van der Waals surface area (Å²) in [6.07, 6.45) is 8.57. The van der Waals surface area contributed by atoms with Gasteiger partial charge in [-0.25, -0.2) is 4.98 Å². The number of pyridine rings is 1. The highest BCUT2D eigenvalue weighted by molar-refractivity contribution is 7.80. The van der Waals surface area contributed by atoms with Gasteiger partial charge in [0.05, 0.1) is 12.2 Å². The number of fused-ring (bicyclic) bond motifs is 1. The molecule has 0 saturated heterocycles. The van der Waals surface area contributed by atoms with Crippen molar-refractivity contribution in [1.29, 1.82) is 0 Å². The van der Waals surface area contributed by atoms with E-state index >= 15 is 0 Å². The average Bonchev–Trinajstić information content (AvgIpc) is 3.14. The van der Waals surface area contributed by atoms with Crippen molar-refractivity contribution in [3.05, 3.63) is 60.6 Å². The van der Waals surface area contributed by atoms with Crippen LogP contribution in [0.1, 0.15) is 36.5 Å². The molecular formula is C20H22N4O2S. The van der Waals surface area contributed by atoms with E-state index in [-0.39, 0.29) is 11.0 Å². The number of benzene rings is 1. The molecule has 2 N–H and O–H groups in total. The highest BCUT2D eigenvalue weighted by Crippen LogP contribution is 2.16. The van der Waals surface area contributed by atoms with Crippen LogP contribution >= 0.6 is 12.2 Å². The molecule has 140 valence electrons. The number of thiocarbonyl (C=S) groups is 1. The summed E-state index contributed by atoms with van der Waals surface area (Å²) in [6.45, 7) is 2.88. The second kappa shape index (κ2) is 9.14. The summed E-state index contributed by atoms with van der Waals surface area (Å²) in [4.78, 5) is 16.5. The smallest absolute Gasteiger partial charge is 0.258 e. The van der Waals surface area contributed by atoms with Crippen LogP contribution in [0.5, 0.6) is 5.75 Å². The summed E-state index contributed by atoms with van der Waals surface area (Å²) in [5.41, 5.74) is 2.07. The molecule has 1 aromatic carbocycles. The van der Waals surface area contributed by atoms with Crippen LogP contribution in [-0.2, 0) is 0 Å². The van der Waals surface area contributed by atoms with Gasteiger partial charge in [0.2, 0.25) is 0 Å². The first-order valence-corrected chi connectivity index (χ1v) is 9.34. The number of carbonyl (C=O) groups excluding carboxylic acids is 1. The first kappa shape index (κ1) is 18.8. The number of ether oxygens (including phenoxy) is 1. The predicted molar refractivity (Wildman–Crippen MR) is 110 cm³/mol. The van der Waals surface area contributed by atoms with Crippen molar-refractivity contribution in [3.63, 3.8) is 0 Å². The number of rotatable bonds is 7. The average molecular weight is 382 g/mol. The van der Waals surface area contributed by atoms with E-state index in [2.05, 4.69) is 22.5 Å². The molecule has 3 aromatic rings. The van der Waals surface area contributed by atoms with Gasteiger partial charge in [0, 0.05) is 24.3 Å². The monoisotopic (exact) mass is 382 g/mol. The minimum absolute atomic E-state index is 0.238. The summed E-state index contributed by atoms with van der Waals surface area (Å²) in [5.74, 6) is 0.541. The zero-order valence-corrected chi connectivity index (χ0v) is 16.0. The molecule has 2 aromatic heterocycles. The van der Waals surface area contributed by atoms with Gasteiger partial charge in [-0.05, 0) is 55.0 Å². The van der Waals surface area contributed by atoms with Crippen LogP contribution in [0.2, 0.25) is 0 Å². The maximum atomic E-state index is 12.3. The summed E-state index contributed by atoms with van der Waals surface area (Å²) in [5, 5.41) is 5.92. The standard InChI is InChI=1S/C20H22N4O2S/c1-2-3-4-13-26-17-8-6-16(7-9-17)22-20(27)23-19(25)15-5-10-18-21-11-12-24(18)14-15/h5-12,14H,2-4,13H2,1H3,(H2,22,23,25,27). The van der Waals surface area contributed by atoms with Crippen LogP contribution in [0.3, 0.4) is 0 Å². The molecule has 0 spiro atoms. The van der Waals surface area contributed by atoms with Crippen LogP contribution in [-0.4, -0.2) is 27.0 Å². The first-order chi connectivity index (χ1) is 13.2. The molecule has 0 aliphatic heterocycles. The Labute approximate surface area is 163 Å². The number of hydrogen-bond acceptors (Lipinski definition) is 4. The number of nitrogens with zero attached hydrogens (tertiary/aromatic N) is 2. The molecule has 0 fully saturated rings. The van der Waals surface area contributed by atoms with Gasteiger partial charge in [-0.1, -0.05) is 19.8 Å². The van der Waals surface area contributed by atoms with Crippen LogP contribution in [0, 0.1) is 0 Å². The second-order valence-corrected chi connectivity index (χ2v) is 6.51. The van der Waals surface area contributed by atoms with Gasteiger partial charge >= 0.3 is 0 Å². The van der Waals surface area contributed by atoms with Gasteiger partial charge in [-0.3, -0.25) is 10.1 Å². The lowest BCUT2D eigenvalue weighted by molar-refractivity contribution is 0.0977. The van der Waals surface area contributed by atoms with Gasteiger partial charge in [0.25, 0.3) is 5.91 Å². The van der Waals surface area contributed by atoms with Crippen molar-refractivity contribution < 1.29 is 9.53 Å². The highest BCUT2D eigenvalue weighted by atomic mass is 32.1. The molecule has 0 atom stereocenters. The zero-order chi connectivity index (χ0) is 19.1. The Kier molecular flexibility index (Phi) is 6.38. The Balaban J connectivity index is 1.51. The minimum atomic E-state index is -0.279. The number of amides is 1. The summed E-state index contributed by atoms with van der Waals surface area (Å²) in [7, 11) is 0. The third-order valence-electron chi connectivity index (χ3n) is 4.01. The number of carbonyl (C=O) groups is 1. The Morgan fingerprint density at radius 1 is 1.19 bits per heavy atom. The Morgan fingerprint density at radius 3 is 2.78 bits per heavy atom.